The summed E-state index contributed by atoms with van der Waals surface area (Å²) in [5, 5.41) is 0. The van der Waals surface area contributed by atoms with E-state index in [4.69, 9.17) is 5.73 Å². The largest absolute Gasteiger partial charge is 0.384 e. The van der Waals surface area contributed by atoms with Gasteiger partial charge < -0.3 is 10.6 Å². The van der Waals surface area contributed by atoms with Crippen molar-refractivity contribution in [2.24, 2.45) is 0 Å². The predicted molar refractivity (Wildman–Crippen MR) is 67.7 cm³/mol. The van der Waals surface area contributed by atoms with Gasteiger partial charge in [-0.25, -0.2) is 13.8 Å². The standard InChI is InChI=1S/C13H11F2N3O/c1-18(9-3-5-12(16)17-7-9)13(19)10-4-2-8(14)6-11(10)15/h2-7H,1H3,(H2,16,17). The highest BCUT2D eigenvalue weighted by atomic mass is 19.1. The third kappa shape index (κ3) is 2.67. The fraction of sp³-hybridized carbons (Fsp3) is 0.0769. The Kier molecular flexibility index (Phi) is 3.41. The number of halogens is 2. The Labute approximate surface area is 108 Å². The van der Waals surface area contributed by atoms with Gasteiger partial charge in [-0.3, -0.25) is 4.79 Å². The lowest BCUT2D eigenvalue weighted by molar-refractivity contribution is 0.0989. The van der Waals surface area contributed by atoms with Gasteiger partial charge in [0.2, 0.25) is 0 Å². The molecule has 2 rings (SSSR count). The van der Waals surface area contributed by atoms with E-state index in [2.05, 4.69) is 4.98 Å². The molecule has 2 N–H and O–H groups in total. The van der Waals surface area contributed by atoms with Crippen LogP contribution < -0.4 is 10.6 Å². The van der Waals surface area contributed by atoms with E-state index < -0.39 is 17.5 Å². The third-order valence-electron chi connectivity index (χ3n) is 2.62. The number of amides is 1. The monoisotopic (exact) mass is 263 g/mol. The van der Waals surface area contributed by atoms with Crippen LogP contribution in [0.3, 0.4) is 0 Å². The molecule has 1 amide bonds. The number of carbonyl (C=O) groups excluding carboxylic acids is 1. The molecule has 0 fully saturated rings. The van der Waals surface area contributed by atoms with Crippen LogP contribution in [0.15, 0.2) is 36.5 Å². The summed E-state index contributed by atoms with van der Waals surface area (Å²) in [5.41, 5.74) is 5.69. The fourth-order valence-corrected chi connectivity index (χ4v) is 1.56. The summed E-state index contributed by atoms with van der Waals surface area (Å²) in [4.78, 5) is 17.1. The van der Waals surface area contributed by atoms with E-state index in [0.717, 1.165) is 12.1 Å². The topological polar surface area (TPSA) is 59.2 Å². The average molecular weight is 263 g/mol. The van der Waals surface area contributed by atoms with E-state index in [1.165, 1.54) is 24.2 Å². The fourth-order valence-electron chi connectivity index (χ4n) is 1.56. The van der Waals surface area contributed by atoms with Crippen LogP contribution in [0, 0.1) is 11.6 Å². The molecule has 19 heavy (non-hydrogen) atoms. The van der Waals surface area contributed by atoms with Gasteiger partial charge in [-0.15, -0.1) is 0 Å². The summed E-state index contributed by atoms with van der Waals surface area (Å²) >= 11 is 0. The van der Waals surface area contributed by atoms with Crippen LogP contribution in [-0.4, -0.2) is 17.9 Å². The van der Waals surface area contributed by atoms with Crippen molar-refractivity contribution in [1.29, 1.82) is 0 Å². The van der Waals surface area contributed by atoms with Crippen LogP contribution in [0.1, 0.15) is 10.4 Å². The molecule has 0 atom stereocenters. The zero-order valence-electron chi connectivity index (χ0n) is 10.1. The Morgan fingerprint density at radius 2 is 2.00 bits per heavy atom. The number of pyridine rings is 1. The molecule has 98 valence electrons. The lowest BCUT2D eigenvalue weighted by atomic mass is 10.1. The van der Waals surface area contributed by atoms with E-state index in [1.54, 1.807) is 6.07 Å². The smallest absolute Gasteiger partial charge is 0.261 e. The van der Waals surface area contributed by atoms with E-state index in [1.807, 2.05) is 0 Å². The summed E-state index contributed by atoms with van der Waals surface area (Å²) < 4.78 is 26.3. The Morgan fingerprint density at radius 1 is 1.26 bits per heavy atom. The van der Waals surface area contributed by atoms with Crippen molar-refractivity contribution >= 4 is 17.4 Å². The van der Waals surface area contributed by atoms with Crippen LogP contribution in [0.4, 0.5) is 20.3 Å². The van der Waals surface area contributed by atoms with E-state index >= 15 is 0 Å². The Morgan fingerprint density at radius 3 is 2.58 bits per heavy atom. The summed E-state index contributed by atoms with van der Waals surface area (Å²) in [5.74, 6) is -1.91. The van der Waals surface area contributed by atoms with Gasteiger partial charge in [-0.1, -0.05) is 0 Å². The molecule has 0 bridgehead atoms. The van der Waals surface area contributed by atoms with Crippen molar-refractivity contribution in [3.05, 3.63) is 53.7 Å². The van der Waals surface area contributed by atoms with Gasteiger partial charge in [-0.2, -0.15) is 0 Å². The maximum atomic E-state index is 13.5. The molecular formula is C13H11F2N3O. The number of nitrogens with two attached hydrogens (primary N) is 1. The Hall–Kier alpha value is -2.50. The van der Waals surface area contributed by atoms with Crippen LogP contribution >= 0.6 is 0 Å². The normalized spacial score (nSPS) is 10.3. The number of aromatic nitrogens is 1. The van der Waals surface area contributed by atoms with Gasteiger partial charge in [0.25, 0.3) is 5.91 Å². The number of carbonyl (C=O) groups is 1. The molecule has 0 aliphatic carbocycles. The number of hydrogen-bond acceptors (Lipinski definition) is 3. The first-order valence-corrected chi connectivity index (χ1v) is 5.43. The van der Waals surface area contributed by atoms with Crippen LogP contribution in [0.2, 0.25) is 0 Å². The van der Waals surface area contributed by atoms with Crippen molar-refractivity contribution in [1.82, 2.24) is 4.98 Å². The van der Waals surface area contributed by atoms with Crippen LogP contribution in [-0.2, 0) is 0 Å². The average Bonchev–Trinajstić information content (AvgIpc) is 2.38. The summed E-state index contributed by atoms with van der Waals surface area (Å²) in [6.07, 6.45) is 1.40. The van der Waals surface area contributed by atoms with Crippen molar-refractivity contribution in [3.8, 4) is 0 Å². The quantitative estimate of drug-likeness (QED) is 0.903. The van der Waals surface area contributed by atoms with Gasteiger partial charge in [-0.05, 0) is 24.3 Å². The van der Waals surface area contributed by atoms with Crippen molar-refractivity contribution in [2.45, 2.75) is 0 Å². The minimum Gasteiger partial charge on any atom is -0.384 e. The van der Waals surface area contributed by atoms with Gasteiger partial charge in [0.1, 0.15) is 17.5 Å². The Balaban J connectivity index is 2.30. The highest BCUT2D eigenvalue weighted by Crippen LogP contribution is 2.17. The predicted octanol–water partition coefficient (Wildman–Crippen LogP) is 2.22. The van der Waals surface area contributed by atoms with E-state index in [9.17, 15) is 13.6 Å². The van der Waals surface area contributed by atoms with Crippen molar-refractivity contribution in [3.63, 3.8) is 0 Å². The third-order valence-corrected chi connectivity index (χ3v) is 2.62. The molecule has 2 aromatic rings. The first-order chi connectivity index (χ1) is 8.99. The molecule has 0 spiro atoms. The molecular weight excluding hydrogens is 252 g/mol. The zero-order chi connectivity index (χ0) is 14.0. The molecule has 0 radical (unpaired) electrons. The first kappa shape index (κ1) is 12.9. The molecule has 0 aliphatic heterocycles. The maximum Gasteiger partial charge on any atom is 0.261 e. The minimum absolute atomic E-state index is 0.208. The Bertz CT molecular complexity index is 614. The lowest BCUT2D eigenvalue weighted by Gasteiger charge is -2.17. The number of nitrogen functional groups attached to an aromatic ring is 1. The SMILES string of the molecule is CN(C(=O)c1ccc(F)cc1F)c1ccc(N)nc1. The molecule has 1 heterocycles. The number of nitrogens with zero attached hydrogens (tertiary/aromatic N) is 2. The zero-order valence-corrected chi connectivity index (χ0v) is 10.1. The minimum atomic E-state index is -0.903. The summed E-state index contributed by atoms with van der Waals surface area (Å²) in [6, 6.07) is 5.92. The van der Waals surface area contributed by atoms with Gasteiger partial charge in [0.05, 0.1) is 17.4 Å². The van der Waals surface area contributed by atoms with E-state index in [-0.39, 0.29) is 5.56 Å². The number of benzene rings is 1. The summed E-state index contributed by atoms with van der Waals surface area (Å²) in [6.45, 7) is 0. The second-order valence-corrected chi connectivity index (χ2v) is 3.93. The molecule has 4 nitrogen and oxygen atoms in total. The molecule has 0 saturated heterocycles. The lowest BCUT2D eigenvalue weighted by Crippen LogP contribution is -2.27. The van der Waals surface area contributed by atoms with E-state index in [0.29, 0.717) is 17.6 Å². The van der Waals surface area contributed by atoms with Crippen LogP contribution in [0.5, 0.6) is 0 Å². The molecule has 6 heteroatoms. The van der Waals surface area contributed by atoms with Crippen LogP contribution in [0.25, 0.3) is 0 Å². The highest BCUT2D eigenvalue weighted by molar-refractivity contribution is 6.05. The summed E-state index contributed by atoms with van der Waals surface area (Å²) in [7, 11) is 1.47. The molecule has 0 aliphatic rings. The molecule has 1 aromatic carbocycles. The van der Waals surface area contributed by atoms with Gasteiger partial charge >= 0.3 is 0 Å². The molecule has 0 unspecified atom stereocenters. The second kappa shape index (κ2) is 5.01. The molecule has 1 aromatic heterocycles. The van der Waals surface area contributed by atoms with Gasteiger partial charge in [0, 0.05) is 13.1 Å². The van der Waals surface area contributed by atoms with Gasteiger partial charge in [0.15, 0.2) is 0 Å². The van der Waals surface area contributed by atoms with Crippen molar-refractivity contribution in [2.75, 3.05) is 17.7 Å². The number of hydrogen-bond donors (Lipinski definition) is 1. The van der Waals surface area contributed by atoms with Crippen molar-refractivity contribution < 1.29 is 13.6 Å². The maximum absolute atomic E-state index is 13.5. The first-order valence-electron chi connectivity index (χ1n) is 5.43. The molecule has 0 saturated carbocycles. The highest BCUT2D eigenvalue weighted by Gasteiger charge is 2.18. The number of anilines is 2. The second-order valence-electron chi connectivity index (χ2n) is 3.93. The number of rotatable bonds is 2.